The number of benzene rings is 1. The van der Waals surface area contributed by atoms with E-state index in [0.717, 1.165) is 82.9 Å². The molecule has 212 valence electrons. The van der Waals surface area contributed by atoms with Crippen molar-refractivity contribution in [2.24, 2.45) is 5.41 Å². The van der Waals surface area contributed by atoms with Gasteiger partial charge in [0, 0.05) is 45.2 Å². The molecule has 2 atom stereocenters. The summed E-state index contributed by atoms with van der Waals surface area (Å²) in [4.78, 5) is 34.9. The highest BCUT2D eigenvalue weighted by Gasteiger charge is 2.38. The molecule has 0 saturated carbocycles. The summed E-state index contributed by atoms with van der Waals surface area (Å²) in [5.74, 6) is 2.42. The molecule has 0 unspecified atom stereocenters. The smallest absolute Gasteiger partial charge is 0.236 e. The van der Waals surface area contributed by atoms with Crippen molar-refractivity contribution in [3.8, 4) is 11.5 Å². The van der Waals surface area contributed by atoms with Crippen molar-refractivity contribution in [1.29, 1.82) is 0 Å². The summed E-state index contributed by atoms with van der Waals surface area (Å²) in [5.41, 5.74) is 1.28. The van der Waals surface area contributed by atoms with Gasteiger partial charge in [-0.1, -0.05) is 33.3 Å². The molecule has 1 aromatic carbocycles. The fourth-order valence-corrected chi connectivity index (χ4v) is 6.14. The van der Waals surface area contributed by atoms with Crippen LogP contribution in [0.2, 0.25) is 0 Å². The lowest BCUT2D eigenvalue weighted by atomic mass is 9.93. The molecule has 3 aliphatic rings. The van der Waals surface area contributed by atoms with Gasteiger partial charge in [0.05, 0.1) is 6.54 Å². The molecule has 1 aromatic rings. The standard InChI is InChI=1S/C30H48N4O4/c1-6-7-13-32(14-8-12-31(4)5)29(36)20-34-19-24(23-9-10-26-27(17-23)38-22-37-26)16-25(34)11-15-33-21-30(2,3)18-28(33)35/h9-10,17,24-25H,6-8,11-16,18-22H2,1-5H3/t24-,25+/m1/s1. The van der Waals surface area contributed by atoms with Crippen LogP contribution < -0.4 is 9.47 Å². The average molecular weight is 529 g/mol. The molecule has 0 aliphatic carbocycles. The highest BCUT2D eigenvalue weighted by Crippen LogP contribution is 2.39. The molecule has 8 heteroatoms. The van der Waals surface area contributed by atoms with E-state index in [9.17, 15) is 9.59 Å². The van der Waals surface area contributed by atoms with Crippen molar-refractivity contribution >= 4 is 11.8 Å². The molecule has 2 fully saturated rings. The number of likely N-dealkylation sites (tertiary alicyclic amines) is 2. The van der Waals surface area contributed by atoms with Gasteiger partial charge in [-0.3, -0.25) is 14.5 Å². The third-order valence-electron chi connectivity index (χ3n) is 8.24. The van der Waals surface area contributed by atoms with Crippen LogP contribution in [0.1, 0.15) is 70.8 Å². The SMILES string of the molecule is CCCCN(CCCN(C)C)C(=O)CN1C[C@H](c2ccc3c(c2)OCO3)C[C@@H]1CCN1CC(C)(C)CC1=O. The van der Waals surface area contributed by atoms with E-state index in [2.05, 4.69) is 61.7 Å². The summed E-state index contributed by atoms with van der Waals surface area (Å²) in [7, 11) is 4.16. The minimum absolute atomic E-state index is 0.0454. The summed E-state index contributed by atoms with van der Waals surface area (Å²) >= 11 is 0. The van der Waals surface area contributed by atoms with Gasteiger partial charge < -0.3 is 24.2 Å². The Kier molecular flexibility index (Phi) is 9.58. The lowest BCUT2D eigenvalue weighted by Gasteiger charge is -2.30. The summed E-state index contributed by atoms with van der Waals surface area (Å²) in [6.07, 6.45) is 5.59. The molecule has 0 bridgehead atoms. The Bertz CT molecular complexity index is 966. The van der Waals surface area contributed by atoms with Crippen LogP contribution >= 0.6 is 0 Å². The number of hydrogen-bond acceptors (Lipinski definition) is 6. The zero-order valence-electron chi connectivity index (χ0n) is 24.2. The highest BCUT2D eigenvalue weighted by molar-refractivity contribution is 5.79. The van der Waals surface area contributed by atoms with Gasteiger partial charge in [0.15, 0.2) is 11.5 Å². The van der Waals surface area contributed by atoms with E-state index in [1.54, 1.807) is 0 Å². The maximum Gasteiger partial charge on any atom is 0.236 e. The second-order valence-electron chi connectivity index (χ2n) is 12.5. The molecule has 2 amide bonds. The largest absolute Gasteiger partial charge is 0.454 e. The maximum absolute atomic E-state index is 13.6. The van der Waals surface area contributed by atoms with E-state index >= 15 is 0 Å². The fourth-order valence-electron chi connectivity index (χ4n) is 6.14. The van der Waals surface area contributed by atoms with Gasteiger partial charge in [0.2, 0.25) is 18.6 Å². The van der Waals surface area contributed by atoms with Crippen LogP contribution in [0.5, 0.6) is 11.5 Å². The van der Waals surface area contributed by atoms with Crippen molar-refractivity contribution in [3.05, 3.63) is 23.8 Å². The third-order valence-corrected chi connectivity index (χ3v) is 8.24. The molecule has 0 spiro atoms. The molecule has 8 nitrogen and oxygen atoms in total. The van der Waals surface area contributed by atoms with Gasteiger partial charge in [-0.25, -0.2) is 0 Å². The summed E-state index contributed by atoms with van der Waals surface area (Å²) in [6, 6.07) is 6.52. The molecular formula is C30H48N4O4. The third kappa shape index (κ3) is 7.41. The van der Waals surface area contributed by atoms with Crippen LogP contribution in [0.4, 0.5) is 0 Å². The Hall–Kier alpha value is -2.32. The first-order valence-corrected chi connectivity index (χ1v) is 14.5. The van der Waals surface area contributed by atoms with Gasteiger partial charge in [-0.2, -0.15) is 0 Å². The quantitative estimate of drug-likeness (QED) is 0.388. The summed E-state index contributed by atoms with van der Waals surface area (Å²) in [6.45, 7) is 12.3. The van der Waals surface area contributed by atoms with Crippen LogP contribution in [0.3, 0.4) is 0 Å². The molecule has 38 heavy (non-hydrogen) atoms. The second kappa shape index (κ2) is 12.7. The minimum atomic E-state index is 0.0454. The monoisotopic (exact) mass is 528 g/mol. The van der Waals surface area contributed by atoms with Crippen LogP contribution in [0.25, 0.3) is 0 Å². The zero-order chi connectivity index (χ0) is 27.3. The number of carbonyl (C=O) groups excluding carboxylic acids is 2. The molecular weight excluding hydrogens is 480 g/mol. The molecule has 2 saturated heterocycles. The van der Waals surface area contributed by atoms with E-state index in [-0.39, 0.29) is 30.1 Å². The second-order valence-corrected chi connectivity index (χ2v) is 12.5. The number of hydrogen-bond donors (Lipinski definition) is 0. The summed E-state index contributed by atoms with van der Waals surface area (Å²) < 4.78 is 11.2. The number of amides is 2. The Morgan fingerprint density at radius 1 is 1.11 bits per heavy atom. The van der Waals surface area contributed by atoms with Gasteiger partial charge in [-0.05, 0) is 75.4 Å². The highest BCUT2D eigenvalue weighted by atomic mass is 16.7. The van der Waals surface area contributed by atoms with E-state index in [0.29, 0.717) is 18.9 Å². The number of rotatable bonds is 13. The molecule has 0 N–H and O–H groups in total. The zero-order valence-corrected chi connectivity index (χ0v) is 24.2. The van der Waals surface area contributed by atoms with Crippen molar-refractivity contribution in [2.75, 3.05) is 66.7 Å². The van der Waals surface area contributed by atoms with E-state index < -0.39 is 0 Å². The number of unbranched alkanes of at least 4 members (excludes halogenated alkanes) is 1. The van der Waals surface area contributed by atoms with Gasteiger partial charge in [0.25, 0.3) is 0 Å². The maximum atomic E-state index is 13.6. The van der Waals surface area contributed by atoms with E-state index in [1.807, 2.05) is 11.0 Å². The first-order chi connectivity index (χ1) is 18.1. The first kappa shape index (κ1) is 28.7. The van der Waals surface area contributed by atoms with Crippen LogP contribution in [-0.4, -0.2) is 104 Å². The molecule has 4 rings (SSSR count). The lowest BCUT2D eigenvalue weighted by Crippen LogP contribution is -2.44. The van der Waals surface area contributed by atoms with Crippen LogP contribution in [0, 0.1) is 5.41 Å². The van der Waals surface area contributed by atoms with Crippen LogP contribution in [0.15, 0.2) is 18.2 Å². The van der Waals surface area contributed by atoms with E-state index in [1.165, 1.54) is 5.56 Å². The van der Waals surface area contributed by atoms with Crippen molar-refractivity contribution < 1.29 is 19.1 Å². The van der Waals surface area contributed by atoms with Crippen molar-refractivity contribution in [1.82, 2.24) is 19.6 Å². The number of fused-ring (bicyclic) bond motifs is 1. The molecule has 3 heterocycles. The predicted octanol–water partition coefficient (Wildman–Crippen LogP) is 3.80. The first-order valence-electron chi connectivity index (χ1n) is 14.5. The van der Waals surface area contributed by atoms with Gasteiger partial charge in [0.1, 0.15) is 0 Å². The Labute approximate surface area is 229 Å². The lowest BCUT2D eigenvalue weighted by molar-refractivity contribution is -0.133. The normalized spacial score (nSPS) is 22.6. The average Bonchev–Trinajstić information content (AvgIpc) is 3.55. The Balaban J connectivity index is 1.44. The number of nitrogens with zero attached hydrogens (tertiary/aromatic N) is 4. The molecule has 0 aromatic heterocycles. The summed E-state index contributed by atoms with van der Waals surface area (Å²) in [5, 5.41) is 0. The predicted molar refractivity (Wildman–Crippen MR) is 150 cm³/mol. The molecule has 0 radical (unpaired) electrons. The van der Waals surface area contributed by atoms with Gasteiger partial charge >= 0.3 is 0 Å². The van der Waals surface area contributed by atoms with Crippen molar-refractivity contribution in [3.63, 3.8) is 0 Å². The minimum Gasteiger partial charge on any atom is -0.454 e. The number of ether oxygens (including phenoxy) is 2. The van der Waals surface area contributed by atoms with E-state index in [4.69, 9.17) is 9.47 Å². The number of carbonyl (C=O) groups is 2. The van der Waals surface area contributed by atoms with Crippen molar-refractivity contribution in [2.45, 2.75) is 71.3 Å². The molecule has 3 aliphatic heterocycles. The Morgan fingerprint density at radius 2 is 1.87 bits per heavy atom. The fraction of sp³-hybridized carbons (Fsp3) is 0.733. The van der Waals surface area contributed by atoms with Gasteiger partial charge in [-0.15, -0.1) is 0 Å². The Morgan fingerprint density at radius 3 is 2.58 bits per heavy atom. The topological polar surface area (TPSA) is 65.6 Å². The van der Waals surface area contributed by atoms with Crippen LogP contribution in [-0.2, 0) is 9.59 Å².